The molecular formula is C22H22N6O4. The average molecular weight is 434 g/mol. The highest BCUT2D eigenvalue weighted by atomic mass is 16.6. The average Bonchev–Trinajstić information content (AvgIpc) is 3.44. The summed E-state index contributed by atoms with van der Waals surface area (Å²) in [5.41, 5.74) is 1.71. The van der Waals surface area contributed by atoms with Gasteiger partial charge in [0.1, 0.15) is 18.0 Å². The number of nitrogens with zero attached hydrogens (tertiary/aromatic N) is 4. The van der Waals surface area contributed by atoms with Crippen molar-refractivity contribution in [3.63, 3.8) is 0 Å². The molecule has 10 nitrogen and oxygen atoms in total. The van der Waals surface area contributed by atoms with E-state index in [1.807, 2.05) is 18.3 Å². The van der Waals surface area contributed by atoms with Crippen LogP contribution in [-0.4, -0.2) is 51.4 Å². The Kier molecular flexibility index (Phi) is 6.00. The van der Waals surface area contributed by atoms with E-state index in [0.717, 1.165) is 29.1 Å². The first-order chi connectivity index (χ1) is 15.5. The summed E-state index contributed by atoms with van der Waals surface area (Å²) in [4.78, 5) is 32.1. The lowest BCUT2D eigenvalue weighted by molar-refractivity contribution is -0.385. The smallest absolute Gasteiger partial charge is 0.287 e. The van der Waals surface area contributed by atoms with Crippen LogP contribution >= 0.6 is 0 Å². The van der Waals surface area contributed by atoms with Gasteiger partial charge in [-0.15, -0.1) is 0 Å². The van der Waals surface area contributed by atoms with Gasteiger partial charge in [-0.1, -0.05) is 0 Å². The standard InChI is InChI=1S/C22H22N6O4/c1-24-20(22(29)27-8-2-3-15(27)11-23)9-14-12-25-19-6-5-17(10-18(14)19)32-21-7-4-16(13-26-21)28(30)31/h4-7,10,12-13,15,20,24-25H,2-3,8-9H2,1H3/t15-,20-/m0/s1. The molecule has 3 heterocycles. The number of rotatable bonds is 7. The Labute approximate surface area is 184 Å². The molecule has 1 aromatic carbocycles. The van der Waals surface area contributed by atoms with Crippen LogP contribution < -0.4 is 10.1 Å². The molecule has 0 unspecified atom stereocenters. The minimum absolute atomic E-state index is 0.0756. The van der Waals surface area contributed by atoms with Gasteiger partial charge in [-0.2, -0.15) is 5.26 Å². The van der Waals surface area contributed by atoms with Crippen molar-refractivity contribution in [1.82, 2.24) is 20.2 Å². The first kappa shape index (κ1) is 21.3. The molecule has 1 aliphatic heterocycles. The van der Waals surface area contributed by atoms with Crippen LogP contribution in [0.1, 0.15) is 18.4 Å². The lowest BCUT2D eigenvalue weighted by Crippen LogP contribution is -2.48. The van der Waals surface area contributed by atoms with E-state index in [-0.39, 0.29) is 23.5 Å². The van der Waals surface area contributed by atoms with E-state index in [2.05, 4.69) is 21.4 Å². The zero-order valence-corrected chi connectivity index (χ0v) is 17.4. The molecule has 32 heavy (non-hydrogen) atoms. The Hall–Kier alpha value is -3.97. The maximum atomic E-state index is 13.0. The third kappa shape index (κ3) is 4.24. The Morgan fingerprint density at radius 2 is 2.31 bits per heavy atom. The summed E-state index contributed by atoms with van der Waals surface area (Å²) in [6, 6.07) is 9.65. The summed E-state index contributed by atoms with van der Waals surface area (Å²) >= 11 is 0. The van der Waals surface area contributed by atoms with E-state index >= 15 is 0 Å². The van der Waals surface area contributed by atoms with Crippen molar-refractivity contribution in [2.75, 3.05) is 13.6 Å². The number of aromatic amines is 1. The minimum Gasteiger partial charge on any atom is -0.439 e. The van der Waals surface area contributed by atoms with Gasteiger partial charge in [-0.25, -0.2) is 4.98 Å². The molecule has 0 spiro atoms. The van der Waals surface area contributed by atoms with E-state index in [0.29, 0.717) is 25.1 Å². The molecule has 0 aliphatic carbocycles. The highest BCUT2D eigenvalue weighted by Gasteiger charge is 2.32. The second-order valence-corrected chi connectivity index (χ2v) is 7.60. The van der Waals surface area contributed by atoms with Crippen molar-refractivity contribution in [2.24, 2.45) is 0 Å². The first-order valence-corrected chi connectivity index (χ1v) is 10.3. The minimum atomic E-state index is -0.518. The Bertz CT molecular complexity index is 1180. The fraction of sp³-hybridized carbons (Fsp3) is 0.318. The number of amides is 1. The van der Waals surface area contributed by atoms with E-state index in [4.69, 9.17) is 4.74 Å². The maximum absolute atomic E-state index is 13.0. The number of carbonyl (C=O) groups is 1. The van der Waals surface area contributed by atoms with Crippen molar-refractivity contribution in [2.45, 2.75) is 31.3 Å². The summed E-state index contributed by atoms with van der Waals surface area (Å²) in [6.45, 7) is 0.601. The lowest BCUT2D eigenvalue weighted by atomic mass is 10.0. The van der Waals surface area contributed by atoms with Crippen molar-refractivity contribution < 1.29 is 14.5 Å². The normalized spacial score (nSPS) is 16.6. The summed E-state index contributed by atoms with van der Waals surface area (Å²) in [6.07, 6.45) is 5.00. The van der Waals surface area contributed by atoms with Crippen LogP contribution in [0.15, 0.2) is 42.7 Å². The number of H-pyrrole nitrogens is 1. The molecule has 3 aromatic rings. The number of hydrogen-bond donors (Lipinski definition) is 2. The number of likely N-dealkylation sites (tertiary alicyclic amines) is 1. The Balaban J connectivity index is 1.53. The number of ether oxygens (including phenoxy) is 1. The number of likely N-dealkylation sites (N-methyl/N-ethyl adjacent to an activating group) is 1. The SMILES string of the molecule is CN[C@@H](Cc1c[nH]c2ccc(Oc3ccc([N+](=O)[O-])cn3)cc12)C(=O)N1CCC[C@H]1C#N. The number of nitrogens with one attached hydrogen (secondary N) is 2. The van der Waals surface area contributed by atoms with Crippen molar-refractivity contribution >= 4 is 22.5 Å². The summed E-state index contributed by atoms with van der Waals surface area (Å²) in [7, 11) is 1.74. The molecule has 1 fully saturated rings. The molecule has 2 aromatic heterocycles. The van der Waals surface area contributed by atoms with Crippen LogP contribution in [0.5, 0.6) is 11.6 Å². The van der Waals surface area contributed by atoms with Gasteiger partial charge < -0.3 is 19.9 Å². The number of hydrogen-bond acceptors (Lipinski definition) is 7. The second kappa shape index (κ2) is 9.03. The quantitative estimate of drug-likeness (QED) is 0.431. The second-order valence-electron chi connectivity index (χ2n) is 7.60. The number of fused-ring (bicyclic) bond motifs is 1. The molecule has 1 saturated heterocycles. The molecular weight excluding hydrogens is 412 g/mol. The van der Waals surface area contributed by atoms with Gasteiger partial charge in [-0.05, 0) is 50.1 Å². The van der Waals surface area contributed by atoms with Gasteiger partial charge >= 0.3 is 0 Å². The van der Waals surface area contributed by atoms with Crippen LogP contribution in [0, 0.1) is 21.4 Å². The molecule has 0 radical (unpaired) electrons. The van der Waals surface area contributed by atoms with Crippen LogP contribution in [0.2, 0.25) is 0 Å². The van der Waals surface area contributed by atoms with Gasteiger partial charge in [0.05, 0.1) is 17.0 Å². The van der Waals surface area contributed by atoms with Crippen molar-refractivity contribution in [3.8, 4) is 17.7 Å². The zero-order chi connectivity index (χ0) is 22.7. The third-order valence-electron chi connectivity index (χ3n) is 5.65. The monoisotopic (exact) mass is 434 g/mol. The third-order valence-corrected chi connectivity index (χ3v) is 5.65. The maximum Gasteiger partial charge on any atom is 0.287 e. The van der Waals surface area contributed by atoms with Gasteiger partial charge in [0.2, 0.25) is 11.8 Å². The fourth-order valence-electron chi connectivity index (χ4n) is 3.95. The van der Waals surface area contributed by atoms with Crippen molar-refractivity contribution in [1.29, 1.82) is 5.26 Å². The van der Waals surface area contributed by atoms with E-state index in [9.17, 15) is 20.2 Å². The van der Waals surface area contributed by atoms with E-state index in [1.165, 1.54) is 12.1 Å². The molecule has 164 valence electrons. The Morgan fingerprint density at radius 3 is 3.00 bits per heavy atom. The summed E-state index contributed by atoms with van der Waals surface area (Å²) in [5.74, 6) is 0.691. The zero-order valence-electron chi connectivity index (χ0n) is 17.4. The van der Waals surface area contributed by atoms with Crippen LogP contribution in [0.4, 0.5) is 5.69 Å². The summed E-state index contributed by atoms with van der Waals surface area (Å²) in [5, 5.41) is 24.1. The number of aromatic nitrogens is 2. The molecule has 0 bridgehead atoms. The highest BCUT2D eigenvalue weighted by molar-refractivity contribution is 5.87. The lowest BCUT2D eigenvalue weighted by Gasteiger charge is -2.25. The largest absolute Gasteiger partial charge is 0.439 e. The molecule has 0 saturated carbocycles. The van der Waals surface area contributed by atoms with Crippen LogP contribution in [0.3, 0.4) is 0 Å². The van der Waals surface area contributed by atoms with Crippen molar-refractivity contribution in [3.05, 3.63) is 58.4 Å². The predicted molar refractivity (Wildman–Crippen MR) is 116 cm³/mol. The Morgan fingerprint density at radius 1 is 1.47 bits per heavy atom. The molecule has 10 heteroatoms. The number of nitriles is 1. The topological polar surface area (TPSA) is 137 Å². The number of nitro groups is 1. The van der Waals surface area contributed by atoms with E-state index < -0.39 is 11.0 Å². The predicted octanol–water partition coefficient (Wildman–Crippen LogP) is 2.91. The molecule has 2 atom stereocenters. The van der Waals surface area contributed by atoms with E-state index in [1.54, 1.807) is 18.0 Å². The van der Waals surface area contributed by atoms with Crippen LogP contribution in [-0.2, 0) is 11.2 Å². The molecule has 4 rings (SSSR count). The van der Waals surface area contributed by atoms with Gasteiger partial charge in [0.25, 0.3) is 5.69 Å². The van der Waals surface area contributed by atoms with Gasteiger partial charge in [0.15, 0.2) is 0 Å². The highest BCUT2D eigenvalue weighted by Crippen LogP contribution is 2.28. The number of carbonyl (C=O) groups excluding carboxylic acids is 1. The number of benzene rings is 1. The van der Waals surface area contributed by atoms with Gasteiger partial charge in [0, 0.05) is 35.8 Å². The molecule has 1 amide bonds. The molecule has 1 aliphatic rings. The fourth-order valence-corrected chi connectivity index (χ4v) is 3.95. The van der Waals surface area contributed by atoms with Crippen LogP contribution in [0.25, 0.3) is 10.9 Å². The molecule has 2 N–H and O–H groups in total. The number of pyridine rings is 1. The first-order valence-electron chi connectivity index (χ1n) is 10.3. The van der Waals surface area contributed by atoms with Gasteiger partial charge in [-0.3, -0.25) is 14.9 Å². The summed E-state index contributed by atoms with van der Waals surface area (Å²) < 4.78 is 5.76.